The van der Waals surface area contributed by atoms with Gasteiger partial charge in [0.25, 0.3) is 5.56 Å². The Bertz CT molecular complexity index is 593. The van der Waals surface area contributed by atoms with Crippen LogP contribution in [0.4, 0.5) is 0 Å². The van der Waals surface area contributed by atoms with Gasteiger partial charge in [0.15, 0.2) is 0 Å². The molecule has 2 rings (SSSR count). The number of halogens is 2. The summed E-state index contributed by atoms with van der Waals surface area (Å²) in [5.74, 6) is 0. The molecule has 17 heavy (non-hydrogen) atoms. The lowest BCUT2D eigenvalue weighted by Gasteiger charge is -2.05. The standard InChI is InChI=1S/C12H12Cl2N2O/c1-7-8(12(17)16(2)15-7)6-9-10(13)4-3-5-11(9)14/h3-5,15H,6H2,1-2H3. The molecule has 0 aliphatic carbocycles. The van der Waals surface area contributed by atoms with E-state index >= 15 is 0 Å². The smallest absolute Gasteiger partial charge is 0.269 e. The third kappa shape index (κ3) is 2.26. The number of hydrogen-bond acceptors (Lipinski definition) is 1. The number of rotatable bonds is 2. The molecule has 0 atom stereocenters. The van der Waals surface area contributed by atoms with Crippen LogP contribution in [0.3, 0.4) is 0 Å². The second kappa shape index (κ2) is 4.59. The maximum absolute atomic E-state index is 11.9. The molecule has 1 aromatic carbocycles. The van der Waals surface area contributed by atoms with Crippen LogP contribution in [0.25, 0.3) is 0 Å². The van der Waals surface area contributed by atoms with E-state index in [2.05, 4.69) is 5.10 Å². The van der Waals surface area contributed by atoms with Crippen LogP contribution in [0.15, 0.2) is 23.0 Å². The molecule has 0 spiro atoms. The minimum atomic E-state index is -0.0431. The van der Waals surface area contributed by atoms with Crippen molar-refractivity contribution in [2.24, 2.45) is 7.05 Å². The molecule has 90 valence electrons. The van der Waals surface area contributed by atoms with Gasteiger partial charge >= 0.3 is 0 Å². The van der Waals surface area contributed by atoms with E-state index in [1.807, 2.05) is 6.92 Å². The van der Waals surface area contributed by atoms with Crippen LogP contribution in [0.2, 0.25) is 10.0 Å². The summed E-state index contributed by atoms with van der Waals surface area (Å²) >= 11 is 12.2. The summed E-state index contributed by atoms with van der Waals surface area (Å²) in [6.45, 7) is 1.86. The minimum Gasteiger partial charge on any atom is -0.300 e. The number of aryl methyl sites for hydroxylation is 2. The van der Waals surface area contributed by atoms with Crippen LogP contribution in [0.5, 0.6) is 0 Å². The maximum atomic E-state index is 11.9. The first-order chi connectivity index (χ1) is 8.00. The molecule has 3 nitrogen and oxygen atoms in total. The molecule has 0 aliphatic heterocycles. The van der Waals surface area contributed by atoms with Gasteiger partial charge in [0, 0.05) is 34.8 Å². The van der Waals surface area contributed by atoms with Crippen LogP contribution < -0.4 is 5.56 Å². The molecular formula is C12H12Cl2N2O. The fourth-order valence-corrected chi connectivity index (χ4v) is 2.35. The van der Waals surface area contributed by atoms with Gasteiger partial charge in [-0.3, -0.25) is 14.6 Å². The fourth-order valence-electron chi connectivity index (χ4n) is 1.82. The van der Waals surface area contributed by atoms with Gasteiger partial charge in [-0.1, -0.05) is 29.3 Å². The number of nitrogens with zero attached hydrogens (tertiary/aromatic N) is 1. The zero-order valence-electron chi connectivity index (χ0n) is 9.55. The Balaban J connectivity index is 2.49. The summed E-state index contributed by atoms with van der Waals surface area (Å²) in [7, 11) is 1.69. The van der Waals surface area contributed by atoms with Crippen LogP contribution >= 0.6 is 23.2 Å². The first-order valence-corrected chi connectivity index (χ1v) is 5.93. The van der Waals surface area contributed by atoms with E-state index in [1.54, 1.807) is 25.2 Å². The van der Waals surface area contributed by atoms with Gasteiger partial charge in [0.1, 0.15) is 0 Å². The zero-order valence-corrected chi connectivity index (χ0v) is 11.1. The van der Waals surface area contributed by atoms with Crippen molar-refractivity contribution in [2.45, 2.75) is 13.3 Å². The maximum Gasteiger partial charge on any atom is 0.269 e. The molecule has 0 bridgehead atoms. The normalized spacial score (nSPS) is 10.8. The first-order valence-electron chi connectivity index (χ1n) is 5.18. The van der Waals surface area contributed by atoms with Crippen LogP contribution in [0, 0.1) is 6.92 Å². The Kier molecular flexibility index (Phi) is 3.31. The van der Waals surface area contributed by atoms with Crippen molar-refractivity contribution in [1.29, 1.82) is 0 Å². The number of aromatic amines is 1. The van der Waals surface area contributed by atoms with E-state index in [1.165, 1.54) is 4.68 Å². The number of benzene rings is 1. The van der Waals surface area contributed by atoms with Gasteiger partial charge in [-0.2, -0.15) is 0 Å². The molecule has 2 aromatic rings. The van der Waals surface area contributed by atoms with Gasteiger partial charge in [-0.25, -0.2) is 0 Å². The van der Waals surface area contributed by atoms with E-state index in [9.17, 15) is 4.79 Å². The summed E-state index contributed by atoms with van der Waals surface area (Å²) in [6.07, 6.45) is 0.445. The van der Waals surface area contributed by atoms with Gasteiger partial charge < -0.3 is 0 Å². The van der Waals surface area contributed by atoms with Crippen LogP contribution in [-0.2, 0) is 13.5 Å². The summed E-state index contributed by atoms with van der Waals surface area (Å²) < 4.78 is 1.45. The van der Waals surface area contributed by atoms with Gasteiger partial charge in [0.2, 0.25) is 0 Å². The van der Waals surface area contributed by atoms with Crippen LogP contribution in [-0.4, -0.2) is 9.78 Å². The van der Waals surface area contributed by atoms with Crippen molar-refractivity contribution in [2.75, 3.05) is 0 Å². The lowest BCUT2D eigenvalue weighted by Crippen LogP contribution is -2.15. The lowest BCUT2D eigenvalue weighted by atomic mass is 10.1. The highest BCUT2D eigenvalue weighted by Gasteiger charge is 2.13. The second-order valence-corrected chi connectivity index (χ2v) is 4.77. The minimum absolute atomic E-state index is 0.0431. The molecule has 0 radical (unpaired) electrons. The topological polar surface area (TPSA) is 37.8 Å². The van der Waals surface area contributed by atoms with Gasteiger partial charge in [0.05, 0.1) is 0 Å². The quantitative estimate of drug-likeness (QED) is 0.896. The molecular weight excluding hydrogens is 259 g/mol. The monoisotopic (exact) mass is 270 g/mol. The third-order valence-electron chi connectivity index (χ3n) is 2.77. The average Bonchev–Trinajstić information content (AvgIpc) is 2.49. The molecule has 0 saturated heterocycles. The number of aromatic nitrogens is 2. The van der Waals surface area contributed by atoms with E-state index in [0.717, 1.165) is 11.3 Å². The predicted octanol–water partition coefficient (Wildman–Crippen LogP) is 2.92. The highest BCUT2D eigenvalue weighted by atomic mass is 35.5. The third-order valence-corrected chi connectivity index (χ3v) is 3.47. The summed E-state index contributed by atoms with van der Waals surface area (Å²) in [4.78, 5) is 11.9. The predicted molar refractivity (Wildman–Crippen MR) is 70.0 cm³/mol. The molecule has 0 saturated carbocycles. The van der Waals surface area contributed by atoms with Crippen molar-refractivity contribution in [3.63, 3.8) is 0 Å². The second-order valence-electron chi connectivity index (χ2n) is 3.96. The molecule has 1 N–H and O–H groups in total. The summed E-state index contributed by atoms with van der Waals surface area (Å²) in [5.41, 5.74) is 2.28. The first kappa shape index (κ1) is 12.3. The molecule has 0 fully saturated rings. The Morgan fingerprint density at radius 2 is 1.82 bits per heavy atom. The average molecular weight is 271 g/mol. The van der Waals surface area contributed by atoms with Gasteiger partial charge in [-0.05, 0) is 24.6 Å². The van der Waals surface area contributed by atoms with Crippen LogP contribution in [0.1, 0.15) is 16.8 Å². The van der Waals surface area contributed by atoms with Crippen molar-refractivity contribution in [3.8, 4) is 0 Å². The Hall–Kier alpha value is -1.19. The zero-order chi connectivity index (χ0) is 12.6. The highest BCUT2D eigenvalue weighted by Crippen LogP contribution is 2.26. The van der Waals surface area contributed by atoms with E-state index in [0.29, 0.717) is 22.0 Å². The Morgan fingerprint density at radius 1 is 1.24 bits per heavy atom. The van der Waals surface area contributed by atoms with Crippen molar-refractivity contribution < 1.29 is 0 Å². The number of hydrogen-bond donors (Lipinski definition) is 1. The SMILES string of the molecule is Cc1[nH]n(C)c(=O)c1Cc1c(Cl)cccc1Cl. The Morgan fingerprint density at radius 3 is 2.29 bits per heavy atom. The summed E-state index contributed by atoms with van der Waals surface area (Å²) in [6, 6.07) is 5.33. The molecule has 0 amide bonds. The number of H-pyrrole nitrogens is 1. The Labute approximate surface area is 109 Å². The molecule has 0 aliphatic rings. The van der Waals surface area contributed by atoms with Crippen molar-refractivity contribution >= 4 is 23.2 Å². The lowest BCUT2D eigenvalue weighted by molar-refractivity contribution is 0.730. The highest BCUT2D eigenvalue weighted by molar-refractivity contribution is 6.36. The number of nitrogens with one attached hydrogen (secondary N) is 1. The molecule has 1 aromatic heterocycles. The molecule has 5 heteroatoms. The fraction of sp³-hybridized carbons (Fsp3) is 0.250. The van der Waals surface area contributed by atoms with E-state index in [-0.39, 0.29) is 5.56 Å². The van der Waals surface area contributed by atoms with Crippen molar-refractivity contribution in [1.82, 2.24) is 9.78 Å². The summed E-state index contributed by atoms with van der Waals surface area (Å²) in [5, 5.41) is 4.12. The largest absolute Gasteiger partial charge is 0.300 e. The molecule has 1 heterocycles. The van der Waals surface area contributed by atoms with E-state index < -0.39 is 0 Å². The molecule has 0 unspecified atom stereocenters. The van der Waals surface area contributed by atoms with Gasteiger partial charge in [-0.15, -0.1) is 0 Å². The van der Waals surface area contributed by atoms with E-state index in [4.69, 9.17) is 23.2 Å². The van der Waals surface area contributed by atoms with Crippen molar-refractivity contribution in [3.05, 3.63) is 55.4 Å².